The van der Waals surface area contributed by atoms with E-state index in [1.165, 1.54) is 0 Å². The predicted molar refractivity (Wildman–Crippen MR) is 145 cm³/mol. The van der Waals surface area contributed by atoms with Gasteiger partial charge in [-0.1, -0.05) is 0 Å². The van der Waals surface area contributed by atoms with Crippen LogP contribution in [0.4, 0.5) is 5.95 Å². The highest BCUT2D eigenvalue weighted by molar-refractivity contribution is 9.10. The number of nitrogens with zero attached hydrogens (tertiary/aromatic N) is 6. The zero-order valence-corrected chi connectivity index (χ0v) is 22.6. The molecule has 0 radical (unpaired) electrons. The molecule has 0 unspecified atom stereocenters. The molecule has 0 atom stereocenters. The van der Waals surface area contributed by atoms with Crippen molar-refractivity contribution in [3.63, 3.8) is 0 Å². The summed E-state index contributed by atoms with van der Waals surface area (Å²) >= 11 is 6.94. The van der Waals surface area contributed by atoms with Crippen LogP contribution in [0.15, 0.2) is 51.8 Å². The average Bonchev–Trinajstić information content (AvgIpc) is 3.26. The highest BCUT2D eigenvalue weighted by atomic mass is 79.9. The fourth-order valence-corrected chi connectivity index (χ4v) is 5.65. The summed E-state index contributed by atoms with van der Waals surface area (Å²) in [5.41, 5.74) is 13.5. The minimum atomic E-state index is 0.220. The number of hydrogen-bond acceptors (Lipinski definition) is 6. The molecule has 0 amide bonds. The van der Waals surface area contributed by atoms with Crippen molar-refractivity contribution in [1.82, 2.24) is 28.7 Å². The first kappa shape index (κ1) is 23.3. The molecule has 5 heterocycles. The highest BCUT2D eigenvalue weighted by Crippen LogP contribution is 2.32. The van der Waals surface area contributed by atoms with Crippen molar-refractivity contribution in [1.29, 1.82) is 0 Å². The monoisotopic (exact) mass is 607 g/mol. The summed E-state index contributed by atoms with van der Waals surface area (Å²) in [6, 6.07) is 7.89. The van der Waals surface area contributed by atoms with Gasteiger partial charge in [-0.2, -0.15) is 0 Å². The van der Waals surface area contributed by atoms with Crippen molar-refractivity contribution < 1.29 is 4.79 Å². The van der Waals surface area contributed by atoms with Crippen molar-refractivity contribution in [2.45, 2.75) is 44.9 Å². The van der Waals surface area contributed by atoms with Crippen molar-refractivity contribution >= 4 is 54.9 Å². The number of fused-ring (bicyclic) bond motifs is 8. The van der Waals surface area contributed by atoms with Crippen LogP contribution in [0.2, 0.25) is 0 Å². The number of hydrogen-bond donors (Lipinski definition) is 1. The number of aryl methyl sites for hydroxylation is 3. The summed E-state index contributed by atoms with van der Waals surface area (Å²) in [5.74, 6) is 0.527. The summed E-state index contributed by atoms with van der Waals surface area (Å²) in [7, 11) is 0. The normalized spacial score (nSPS) is 14.9. The maximum absolute atomic E-state index is 12.0. The first-order valence-electron chi connectivity index (χ1n) is 12.0. The zero-order chi connectivity index (χ0) is 24.8. The molecule has 2 aliphatic carbocycles. The smallest absolute Gasteiger partial charge is 0.220 e. The number of nitrogen functional groups attached to an aromatic ring is 1. The second-order valence-electron chi connectivity index (χ2n) is 9.05. The Morgan fingerprint density at radius 3 is 2.08 bits per heavy atom. The van der Waals surface area contributed by atoms with Crippen LogP contribution in [-0.2, 0) is 19.3 Å². The Labute approximate surface area is 224 Å². The SMILES string of the molecule is Nc1ncc2c(n1)-c1c(nc3ccc(Br)cn13)CCC2.O=C1CCCCc2nc3ccc(Br)cn3c21. The fourth-order valence-electron chi connectivity index (χ4n) is 4.98. The third kappa shape index (κ3) is 4.22. The lowest BCUT2D eigenvalue weighted by Gasteiger charge is -2.07. The van der Waals surface area contributed by atoms with E-state index in [2.05, 4.69) is 51.2 Å². The average molecular weight is 609 g/mol. The summed E-state index contributed by atoms with van der Waals surface area (Å²) in [5, 5.41) is 0. The molecule has 5 aromatic rings. The first-order valence-corrected chi connectivity index (χ1v) is 13.5. The molecule has 5 aromatic heterocycles. The highest BCUT2D eigenvalue weighted by Gasteiger charge is 2.23. The van der Waals surface area contributed by atoms with Crippen LogP contribution in [-0.4, -0.2) is 34.5 Å². The third-order valence-corrected chi connectivity index (χ3v) is 7.55. The molecule has 8 nitrogen and oxygen atoms in total. The van der Waals surface area contributed by atoms with Gasteiger partial charge in [0.2, 0.25) is 5.95 Å². The predicted octanol–water partition coefficient (Wildman–Crippen LogP) is 5.63. The minimum Gasteiger partial charge on any atom is -0.368 e. The fraction of sp³-hybridized carbons (Fsp3) is 0.269. The molecule has 0 aromatic carbocycles. The van der Waals surface area contributed by atoms with Gasteiger partial charge in [-0.15, -0.1) is 0 Å². The van der Waals surface area contributed by atoms with E-state index < -0.39 is 0 Å². The van der Waals surface area contributed by atoms with Gasteiger partial charge in [-0.05, 0) is 100 Å². The number of pyridine rings is 2. The van der Waals surface area contributed by atoms with Crippen molar-refractivity contribution in [3.8, 4) is 11.4 Å². The van der Waals surface area contributed by atoms with Gasteiger partial charge in [0.25, 0.3) is 0 Å². The number of anilines is 1. The minimum absolute atomic E-state index is 0.220. The number of imidazole rings is 2. The Bertz CT molecular complexity index is 1640. The van der Waals surface area contributed by atoms with Gasteiger partial charge < -0.3 is 5.73 Å². The molecular formula is C26H23Br2N7O. The van der Waals surface area contributed by atoms with Gasteiger partial charge in [0.05, 0.1) is 22.8 Å². The van der Waals surface area contributed by atoms with Crippen LogP contribution in [0.1, 0.15) is 53.1 Å². The molecule has 10 heteroatoms. The summed E-state index contributed by atoms with van der Waals surface area (Å²) in [4.78, 5) is 29.8. The Morgan fingerprint density at radius 1 is 0.750 bits per heavy atom. The number of Topliss-reactive ketones (excluding diaryl/α,β-unsaturated/α-hetero) is 1. The van der Waals surface area contributed by atoms with Gasteiger partial charge in [0.1, 0.15) is 17.0 Å². The maximum Gasteiger partial charge on any atom is 0.220 e. The van der Waals surface area contributed by atoms with Gasteiger partial charge in [-0.3, -0.25) is 13.6 Å². The number of nitrogens with two attached hydrogens (primary N) is 1. The Morgan fingerprint density at radius 2 is 1.36 bits per heavy atom. The number of aromatic nitrogens is 6. The van der Waals surface area contributed by atoms with Crippen LogP contribution in [0.25, 0.3) is 22.7 Å². The van der Waals surface area contributed by atoms with E-state index >= 15 is 0 Å². The molecule has 0 spiro atoms. The van der Waals surface area contributed by atoms with Crippen LogP contribution in [0.3, 0.4) is 0 Å². The number of carbonyl (C=O) groups is 1. The van der Waals surface area contributed by atoms with Gasteiger partial charge in [0.15, 0.2) is 5.78 Å². The first-order chi connectivity index (χ1) is 17.5. The van der Waals surface area contributed by atoms with E-state index in [4.69, 9.17) is 10.7 Å². The molecule has 0 fully saturated rings. The van der Waals surface area contributed by atoms with E-state index in [1.807, 2.05) is 47.3 Å². The number of ketones is 1. The van der Waals surface area contributed by atoms with E-state index in [0.717, 1.165) is 92.8 Å². The lowest BCUT2D eigenvalue weighted by atomic mass is 10.1. The quantitative estimate of drug-likeness (QED) is 0.229. The molecule has 7 rings (SSSR count). The van der Waals surface area contributed by atoms with E-state index in [0.29, 0.717) is 12.4 Å². The molecule has 0 saturated carbocycles. The number of rotatable bonds is 0. The molecule has 182 valence electrons. The van der Waals surface area contributed by atoms with Crippen LogP contribution in [0, 0.1) is 0 Å². The number of halogens is 2. The van der Waals surface area contributed by atoms with Crippen molar-refractivity contribution in [2.75, 3.05) is 5.73 Å². The molecule has 36 heavy (non-hydrogen) atoms. The molecule has 2 N–H and O–H groups in total. The Hall–Kier alpha value is -3.11. The topological polar surface area (TPSA) is 103 Å². The van der Waals surface area contributed by atoms with Crippen LogP contribution >= 0.6 is 31.9 Å². The van der Waals surface area contributed by atoms with Crippen molar-refractivity contribution in [2.24, 2.45) is 0 Å². The molecule has 2 aliphatic rings. The second-order valence-corrected chi connectivity index (χ2v) is 10.9. The number of carbonyl (C=O) groups excluding carboxylic acids is 1. The standard InChI is InChI=1S/C14H12BrN5.C12H11BrN2O/c15-9-4-5-11-18-10-3-1-2-8-6-17-14(16)19-12(8)13(10)20(11)7-9;13-8-5-6-11-14-9-3-1-2-4-10(16)12(9)15(11)7-8/h4-7H,1-3H2,(H2,16,17,19);5-7H,1-4H2. The van der Waals surface area contributed by atoms with Gasteiger partial charge >= 0.3 is 0 Å². The molecule has 0 saturated heterocycles. The Kier molecular flexibility index (Phi) is 6.08. The van der Waals surface area contributed by atoms with Crippen LogP contribution < -0.4 is 5.73 Å². The Balaban J connectivity index is 0.000000137. The van der Waals surface area contributed by atoms with Crippen molar-refractivity contribution in [3.05, 3.63) is 74.4 Å². The van der Waals surface area contributed by atoms with Crippen LogP contribution in [0.5, 0.6) is 0 Å². The van der Waals surface area contributed by atoms with E-state index in [9.17, 15) is 4.79 Å². The molecular weight excluding hydrogens is 586 g/mol. The van der Waals surface area contributed by atoms with Gasteiger partial charge in [0, 0.05) is 34.0 Å². The molecule has 0 aliphatic heterocycles. The lowest BCUT2D eigenvalue weighted by Crippen LogP contribution is -2.03. The second kappa shape index (κ2) is 9.40. The summed E-state index contributed by atoms with van der Waals surface area (Å²) < 4.78 is 5.97. The third-order valence-electron chi connectivity index (χ3n) is 6.61. The van der Waals surface area contributed by atoms with E-state index in [1.54, 1.807) is 0 Å². The summed E-state index contributed by atoms with van der Waals surface area (Å²) in [6.45, 7) is 0. The summed E-state index contributed by atoms with van der Waals surface area (Å²) in [6.07, 6.45) is 12.3. The zero-order valence-electron chi connectivity index (χ0n) is 19.4. The van der Waals surface area contributed by atoms with Gasteiger partial charge in [-0.25, -0.2) is 19.9 Å². The molecule has 0 bridgehead atoms. The van der Waals surface area contributed by atoms with E-state index in [-0.39, 0.29) is 5.78 Å². The maximum atomic E-state index is 12.0. The lowest BCUT2D eigenvalue weighted by molar-refractivity contribution is 0.0976. The largest absolute Gasteiger partial charge is 0.368 e.